The second-order valence-corrected chi connectivity index (χ2v) is 14.5. The van der Waals surface area contributed by atoms with E-state index in [1.54, 1.807) is 32.5 Å². The maximum absolute atomic E-state index is 15.8. The number of aromatic nitrogens is 1. The lowest BCUT2D eigenvalue weighted by molar-refractivity contribution is -0.134. The first-order valence-corrected chi connectivity index (χ1v) is 18.3. The van der Waals surface area contributed by atoms with Gasteiger partial charge in [-0.15, -0.1) is 0 Å². The summed E-state index contributed by atoms with van der Waals surface area (Å²) in [6.45, 7) is 3.43. The fourth-order valence-corrected chi connectivity index (χ4v) is 8.07. The summed E-state index contributed by atoms with van der Waals surface area (Å²) in [5.41, 5.74) is 3.99. The van der Waals surface area contributed by atoms with Crippen molar-refractivity contribution in [2.45, 2.75) is 56.9 Å². The summed E-state index contributed by atoms with van der Waals surface area (Å²) in [4.78, 5) is 53.7. The maximum atomic E-state index is 15.8. The molecule has 0 saturated carbocycles. The molecule has 3 saturated heterocycles. The highest BCUT2D eigenvalue weighted by molar-refractivity contribution is 6.01. The summed E-state index contributed by atoms with van der Waals surface area (Å²) in [5, 5.41) is 6.97. The molecule has 1 aromatic heterocycles. The number of piperidine rings is 3. The Kier molecular flexibility index (Phi) is 10.4. The number of nitrogens with zero attached hydrogens (tertiary/aromatic N) is 3. The lowest BCUT2D eigenvalue weighted by Crippen LogP contribution is -2.47. The summed E-state index contributed by atoms with van der Waals surface area (Å²) < 4.78 is 23.1. The Morgan fingerprint density at radius 2 is 1.63 bits per heavy atom. The first-order valence-electron chi connectivity index (χ1n) is 18.3. The number of methoxy groups -OCH3 is 1. The zero-order valence-corrected chi connectivity index (χ0v) is 29.8. The number of benzene rings is 3. The van der Waals surface area contributed by atoms with Crippen LogP contribution in [-0.2, 0) is 27.9 Å². The predicted octanol–water partition coefficient (Wildman–Crippen LogP) is 5.23. The highest BCUT2D eigenvalue weighted by Gasteiger charge is 2.29. The minimum atomic E-state index is -0.408. The largest absolute Gasteiger partial charge is 0.496 e. The molecule has 3 amide bonds. The van der Waals surface area contributed by atoms with Gasteiger partial charge in [-0.25, -0.2) is 4.39 Å². The number of hydrogen-bond acceptors (Lipinski definition) is 7. The van der Waals surface area contributed by atoms with Crippen LogP contribution in [0.5, 0.6) is 5.75 Å². The normalized spacial score (nSPS) is 19.1. The number of carbonyl (C=O) groups is 3. The van der Waals surface area contributed by atoms with Crippen LogP contribution in [0.25, 0.3) is 21.9 Å². The minimum Gasteiger partial charge on any atom is -0.496 e. The van der Waals surface area contributed by atoms with Crippen molar-refractivity contribution >= 4 is 34.2 Å². The Bertz CT molecular complexity index is 2030. The first kappa shape index (κ1) is 35.4. The lowest BCUT2D eigenvalue weighted by Gasteiger charge is -2.36. The Morgan fingerprint density at radius 1 is 0.923 bits per heavy atom. The van der Waals surface area contributed by atoms with E-state index in [-0.39, 0.29) is 35.0 Å². The molecule has 1 unspecified atom stereocenters. The van der Waals surface area contributed by atoms with Crippen molar-refractivity contribution in [3.05, 3.63) is 94.2 Å². The summed E-state index contributed by atoms with van der Waals surface area (Å²) in [5.74, 6) is 0.499. The molecule has 52 heavy (non-hydrogen) atoms. The third-order valence-corrected chi connectivity index (χ3v) is 11.1. The van der Waals surface area contributed by atoms with Gasteiger partial charge in [0.1, 0.15) is 17.6 Å². The van der Waals surface area contributed by atoms with Gasteiger partial charge >= 0.3 is 0 Å². The summed E-state index contributed by atoms with van der Waals surface area (Å²) in [6.07, 6.45) is 6.69. The smallest absolute Gasteiger partial charge is 0.258 e. The van der Waals surface area contributed by atoms with Crippen molar-refractivity contribution in [3.8, 4) is 16.9 Å². The number of aryl methyl sites for hydroxylation is 1. The van der Waals surface area contributed by atoms with Crippen LogP contribution in [0.2, 0.25) is 0 Å². The number of nitrogens with one attached hydrogen (secondary N) is 2. The van der Waals surface area contributed by atoms with Gasteiger partial charge < -0.3 is 19.5 Å². The van der Waals surface area contributed by atoms with Crippen LogP contribution in [0.1, 0.15) is 55.6 Å². The van der Waals surface area contributed by atoms with Crippen LogP contribution in [0, 0.1) is 11.7 Å². The van der Waals surface area contributed by atoms with Gasteiger partial charge in [0, 0.05) is 55.0 Å². The molecule has 0 bridgehead atoms. The molecule has 4 heterocycles. The van der Waals surface area contributed by atoms with Gasteiger partial charge in [-0.1, -0.05) is 30.3 Å². The number of halogens is 1. The van der Waals surface area contributed by atoms with Gasteiger partial charge in [-0.2, -0.15) is 0 Å². The number of imide groups is 1. The molecule has 3 aromatic carbocycles. The van der Waals surface area contributed by atoms with Gasteiger partial charge in [0.05, 0.1) is 13.7 Å². The molecule has 10 nitrogen and oxygen atoms in total. The average Bonchev–Trinajstić information content (AvgIpc) is 3.16. The van der Waals surface area contributed by atoms with E-state index in [1.807, 2.05) is 41.3 Å². The van der Waals surface area contributed by atoms with Crippen LogP contribution < -0.4 is 20.9 Å². The van der Waals surface area contributed by atoms with Crippen LogP contribution >= 0.6 is 0 Å². The molecule has 11 heteroatoms. The zero-order valence-electron chi connectivity index (χ0n) is 29.8. The molecule has 3 fully saturated rings. The van der Waals surface area contributed by atoms with Crippen molar-refractivity contribution in [3.63, 3.8) is 0 Å². The van der Waals surface area contributed by atoms with E-state index in [4.69, 9.17) is 4.74 Å². The second kappa shape index (κ2) is 15.3. The Labute approximate surface area is 302 Å². The third-order valence-electron chi connectivity index (χ3n) is 11.1. The van der Waals surface area contributed by atoms with Crippen molar-refractivity contribution in [2.75, 3.05) is 45.2 Å². The van der Waals surface area contributed by atoms with Gasteiger partial charge in [0.15, 0.2) is 0 Å². The van der Waals surface area contributed by atoms with Crippen molar-refractivity contribution in [1.29, 1.82) is 0 Å². The highest BCUT2D eigenvalue weighted by atomic mass is 19.1. The van der Waals surface area contributed by atoms with E-state index in [1.165, 1.54) is 10.1 Å². The lowest BCUT2D eigenvalue weighted by atomic mass is 9.88. The number of ether oxygens (including phenoxy) is 1. The van der Waals surface area contributed by atoms with Gasteiger partial charge in [-0.3, -0.25) is 29.4 Å². The van der Waals surface area contributed by atoms with E-state index in [2.05, 4.69) is 27.7 Å². The van der Waals surface area contributed by atoms with Gasteiger partial charge in [0.2, 0.25) is 17.7 Å². The van der Waals surface area contributed by atoms with Crippen LogP contribution in [-0.4, -0.2) is 78.0 Å². The monoisotopic (exact) mass is 707 g/mol. The SMILES string of the molecule is COc1cc(-c2cn(C)c(=O)c3ccccc23)cc(F)c1CC1CCN(CC(=O)N2CCC(c3ccc(NC4CCC(=O)NC4=O)cc3)CC2)CC1. The number of anilines is 1. The Balaban J connectivity index is 0.893. The number of carbonyl (C=O) groups excluding carboxylic acids is 3. The molecule has 272 valence electrons. The summed E-state index contributed by atoms with van der Waals surface area (Å²) in [7, 11) is 3.27. The predicted molar refractivity (Wildman–Crippen MR) is 199 cm³/mol. The fourth-order valence-electron chi connectivity index (χ4n) is 8.07. The van der Waals surface area contributed by atoms with Gasteiger partial charge in [0.25, 0.3) is 5.56 Å². The zero-order chi connectivity index (χ0) is 36.4. The van der Waals surface area contributed by atoms with Crippen molar-refractivity contribution in [1.82, 2.24) is 19.7 Å². The summed E-state index contributed by atoms with van der Waals surface area (Å²) in [6, 6.07) is 18.6. The molecular weight excluding hydrogens is 661 g/mol. The van der Waals surface area contributed by atoms with E-state index in [0.29, 0.717) is 54.0 Å². The van der Waals surface area contributed by atoms with E-state index >= 15 is 4.39 Å². The molecule has 2 N–H and O–H groups in total. The fraction of sp³-hybridized carbons (Fsp3) is 0.415. The minimum absolute atomic E-state index is 0.0942. The standard InChI is InChI=1S/C41H46FN5O5/c1-45-24-34(31-5-3-4-6-32(31)41(45)51)29-22-35(42)33(37(23-29)52-2)21-26-13-17-46(18-14-26)25-39(49)47-19-15-28(16-20-47)27-7-9-30(10-8-27)43-36-11-12-38(48)44-40(36)50/h3-10,22-24,26,28,36,43H,11-21,25H2,1-2H3,(H,44,48,50). The first-order chi connectivity index (χ1) is 25.2. The maximum Gasteiger partial charge on any atom is 0.258 e. The topological polar surface area (TPSA) is 113 Å². The highest BCUT2D eigenvalue weighted by Crippen LogP contribution is 2.36. The van der Waals surface area contributed by atoms with Crippen LogP contribution in [0.4, 0.5) is 10.1 Å². The molecule has 4 aromatic rings. The summed E-state index contributed by atoms with van der Waals surface area (Å²) >= 11 is 0. The third kappa shape index (κ3) is 7.60. The van der Waals surface area contributed by atoms with Crippen molar-refractivity contribution < 1.29 is 23.5 Å². The molecule has 3 aliphatic rings. The Hall–Kier alpha value is -5.03. The second-order valence-electron chi connectivity index (χ2n) is 14.5. The number of amides is 3. The quantitative estimate of drug-likeness (QED) is 0.229. The Morgan fingerprint density at radius 3 is 2.33 bits per heavy atom. The van der Waals surface area contributed by atoms with E-state index < -0.39 is 6.04 Å². The molecule has 1 atom stereocenters. The number of hydrogen-bond donors (Lipinski definition) is 2. The average molecular weight is 708 g/mol. The molecule has 7 rings (SSSR count). The van der Waals surface area contributed by atoms with Gasteiger partial charge in [-0.05, 0) is 110 Å². The van der Waals surface area contributed by atoms with Crippen LogP contribution in [0.3, 0.4) is 0 Å². The molecule has 0 spiro atoms. The van der Waals surface area contributed by atoms with E-state index in [9.17, 15) is 19.2 Å². The van der Waals surface area contributed by atoms with E-state index in [0.717, 1.165) is 68.5 Å². The van der Waals surface area contributed by atoms with Crippen LogP contribution in [0.15, 0.2) is 71.7 Å². The van der Waals surface area contributed by atoms with Crippen molar-refractivity contribution in [2.24, 2.45) is 13.0 Å². The number of fused-ring (bicyclic) bond motifs is 1. The molecule has 0 radical (unpaired) electrons. The number of pyridine rings is 1. The number of likely N-dealkylation sites (tertiary alicyclic amines) is 2. The molecular formula is C41H46FN5O5. The molecule has 3 aliphatic heterocycles. The molecule has 0 aliphatic carbocycles. The number of rotatable bonds is 9.